The summed E-state index contributed by atoms with van der Waals surface area (Å²) in [5.74, 6) is 0.0790. The van der Waals surface area contributed by atoms with Gasteiger partial charge in [-0.2, -0.15) is 15.0 Å². The highest BCUT2D eigenvalue weighted by molar-refractivity contribution is 7.89. The number of nitrogens with two attached hydrogens (primary N) is 1. The van der Waals surface area contributed by atoms with E-state index in [1.165, 1.54) is 23.0 Å². The van der Waals surface area contributed by atoms with Gasteiger partial charge in [0.25, 0.3) is 0 Å². The zero-order valence-corrected chi connectivity index (χ0v) is 13.0. The van der Waals surface area contributed by atoms with Gasteiger partial charge in [-0.1, -0.05) is 12.1 Å². The number of aromatic hydroxyl groups is 1. The molecule has 0 atom stereocenters. The van der Waals surface area contributed by atoms with Crippen LogP contribution < -0.4 is 5.14 Å². The maximum atomic E-state index is 11.2. The highest BCUT2D eigenvalue weighted by Gasteiger charge is 2.15. The molecule has 0 bridgehead atoms. The van der Waals surface area contributed by atoms with Crippen LogP contribution in [-0.4, -0.2) is 28.3 Å². The molecule has 0 saturated heterocycles. The first-order chi connectivity index (χ1) is 11.4. The van der Waals surface area contributed by atoms with Gasteiger partial charge in [-0.25, -0.2) is 18.5 Å². The van der Waals surface area contributed by atoms with Gasteiger partial charge < -0.3 is 5.11 Å². The molecule has 2 aromatic heterocycles. The smallest absolute Gasteiger partial charge is 0.239 e. The van der Waals surface area contributed by atoms with Gasteiger partial charge in [0.1, 0.15) is 4.90 Å². The summed E-state index contributed by atoms with van der Waals surface area (Å²) in [5, 5.41) is 28.2. The van der Waals surface area contributed by atoms with Crippen LogP contribution in [0.2, 0.25) is 0 Å². The molecule has 3 rings (SSSR count). The van der Waals surface area contributed by atoms with Crippen LogP contribution in [-0.2, 0) is 10.0 Å². The molecular formula is C15H11N5O3S. The average molecular weight is 341 g/mol. The van der Waals surface area contributed by atoms with Crippen LogP contribution in [0.15, 0.2) is 53.7 Å². The summed E-state index contributed by atoms with van der Waals surface area (Å²) < 4.78 is 23.6. The normalized spacial score (nSPS) is 11.2. The minimum absolute atomic E-state index is 0.134. The molecule has 0 aliphatic rings. The Kier molecular flexibility index (Phi) is 3.76. The monoisotopic (exact) mass is 341 g/mol. The lowest BCUT2D eigenvalue weighted by Crippen LogP contribution is -2.12. The van der Waals surface area contributed by atoms with Crippen molar-refractivity contribution >= 4 is 10.0 Å². The Morgan fingerprint density at radius 3 is 2.38 bits per heavy atom. The largest absolute Gasteiger partial charge is 0.493 e. The molecule has 0 aliphatic carbocycles. The Balaban J connectivity index is 1.99. The van der Waals surface area contributed by atoms with E-state index in [1.54, 1.807) is 24.3 Å². The van der Waals surface area contributed by atoms with E-state index in [4.69, 9.17) is 10.4 Å². The summed E-state index contributed by atoms with van der Waals surface area (Å²) in [5.41, 5.74) is 1.64. The number of aromatic nitrogens is 3. The van der Waals surface area contributed by atoms with Crippen molar-refractivity contribution in [2.45, 2.75) is 4.90 Å². The average Bonchev–Trinajstić information content (AvgIpc) is 2.96. The predicted molar refractivity (Wildman–Crippen MR) is 84.5 cm³/mol. The number of nitriles is 1. The fourth-order valence-corrected chi connectivity index (χ4v) is 2.56. The van der Waals surface area contributed by atoms with Crippen LogP contribution in [0.3, 0.4) is 0 Å². The lowest BCUT2D eigenvalue weighted by Gasteiger charge is -2.04. The quantitative estimate of drug-likeness (QED) is 0.734. The highest BCUT2D eigenvalue weighted by atomic mass is 32.2. The van der Waals surface area contributed by atoms with Crippen LogP contribution in [0.5, 0.6) is 5.88 Å². The van der Waals surface area contributed by atoms with Crippen molar-refractivity contribution in [1.29, 1.82) is 5.26 Å². The van der Waals surface area contributed by atoms with Gasteiger partial charge in [0.05, 0.1) is 23.4 Å². The van der Waals surface area contributed by atoms with E-state index in [-0.39, 0.29) is 16.6 Å². The minimum Gasteiger partial charge on any atom is -0.493 e. The third kappa shape index (κ3) is 2.83. The number of rotatable bonds is 3. The Morgan fingerprint density at radius 2 is 1.83 bits per heavy atom. The van der Waals surface area contributed by atoms with Crippen LogP contribution >= 0.6 is 0 Å². The molecule has 0 radical (unpaired) electrons. The first kappa shape index (κ1) is 15.7. The topological polar surface area (TPSA) is 135 Å². The van der Waals surface area contributed by atoms with Crippen molar-refractivity contribution in [1.82, 2.24) is 14.8 Å². The maximum absolute atomic E-state index is 11.2. The van der Waals surface area contributed by atoms with Gasteiger partial charge in [-0.05, 0) is 29.8 Å². The first-order valence-corrected chi connectivity index (χ1v) is 8.21. The van der Waals surface area contributed by atoms with Gasteiger partial charge in [0.15, 0.2) is 5.82 Å². The summed E-state index contributed by atoms with van der Waals surface area (Å²) >= 11 is 0. The molecule has 0 fully saturated rings. The van der Waals surface area contributed by atoms with Crippen molar-refractivity contribution in [3.05, 3.63) is 54.4 Å². The highest BCUT2D eigenvalue weighted by Crippen LogP contribution is 2.30. The van der Waals surface area contributed by atoms with Crippen molar-refractivity contribution in [3.63, 3.8) is 0 Å². The van der Waals surface area contributed by atoms with Gasteiger partial charge in [-0.15, -0.1) is 0 Å². The maximum Gasteiger partial charge on any atom is 0.239 e. The standard InChI is InChI=1S/C15H11N5O3S/c16-7-10-1-3-11(4-2-10)13-9-19-20(15(13)21)14-6-5-12(8-18-14)24(17,22)23/h1-6,8-9,21H,(H2,17,22,23). The zero-order valence-electron chi connectivity index (χ0n) is 12.2. The lowest BCUT2D eigenvalue weighted by molar-refractivity contribution is 0.433. The van der Waals surface area contributed by atoms with E-state index in [2.05, 4.69) is 10.1 Å². The second kappa shape index (κ2) is 5.77. The van der Waals surface area contributed by atoms with E-state index in [0.29, 0.717) is 16.7 Å². The van der Waals surface area contributed by atoms with Crippen LogP contribution in [0, 0.1) is 11.3 Å². The summed E-state index contributed by atoms with van der Waals surface area (Å²) in [6, 6.07) is 11.3. The molecule has 3 N–H and O–H groups in total. The van der Waals surface area contributed by atoms with E-state index in [0.717, 1.165) is 6.20 Å². The molecule has 24 heavy (non-hydrogen) atoms. The summed E-state index contributed by atoms with van der Waals surface area (Å²) in [6.07, 6.45) is 2.54. The van der Waals surface area contributed by atoms with E-state index in [1.807, 2.05) is 6.07 Å². The predicted octanol–water partition coefficient (Wildman–Crippen LogP) is 1.16. The molecule has 2 heterocycles. The Bertz CT molecular complexity index is 1030. The molecule has 3 aromatic rings. The second-order valence-corrected chi connectivity index (χ2v) is 6.44. The van der Waals surface area contributed by atoms with Crippen LogP contribution in [0.25, 0.3) is 16.9 Å². The fourth-order valence-electron chi connectivity index (χ4n) is 2.10. The van der Waals surface area contributed by atoms with Gasteiger partial charge in [0, 0.05) is 6.20 Å². The number of nitrogens with zero attached hydrogens (tertiary/aromatic N) is 4. The zero-order chi connectivity index (χ0) is 17.3. The summed E-state index contributed by atoms with van der Waals surface area (Å²) in [4.78, 5) is 3.81. The molecule has 0 aliphatic heterocycles. The molecule has 0 unspecified atom stereocenters. The van der Waals surface area contributed by atoms with E-state index >= 15 is 0 Å². The number of benzene rings is 1. The number of pyridine rings is 1. The molecule has 0 amide bonds. The molecule has 120 valence electrons. The number of sulfonamides is 1. The van der Waals surface area contributed by atoms with E-state index in [9.17, 15) is 13.5 Å². The van der Waals surface area contributed by atoms with Crippen molar-refractivity contribution in [2.75, 3.05) is 0 Å². The van der Waals surface area contributed by atoms with Crippen molar-refractivity contribution in [3.8, 4) is 28.9 Å². The van der Waals surface area contributed by atoms with Gasteiger partial charge in [0.2, 0.25) is 15.9 Å². The van der Waals surface area contributed by atoms with E-state index < -0.39 is 10.0 Å². The third-order valence-electron chi connectivity index (χ3n) is 3.34. The SMILES string of the molecule is N#Cc1ccc(-c2cnn(-c3ccc(S(N)(=O)=O)cn3)c2O)cc1. The Hall–Kier alpha value is -3.22. The number of primary sulfonamides is 1. The van der Waals surface area contributed by atoms with Crippen molar-refractivity contribution in [2.24, 2.45) is 5.14 Å². The van der Waals surface area contributed by atoms with Crippen LogP contribution in [0.4, 0.5) is 0 Å². The van der Waals surface area contributed by atoms with Gasteiger partial charge >= 0.3 is 0 Å². The van der Waals surface area contributed by atoms with Gasteiger partial charge in [-0.3, -0.25) is 0 Å². The third-order valence-corrected chi connectivity index (χ3v) is 4.23. The second-order valence-electron chi connectivity index (χ2n) is 4.88. The lowest BCUT2D eigenvalue weighted by atomic mass is 10.1. The number of hydrogen-bond donors (Lipinski definition) is 2. The molecule has 1 aromatic carbocycles. The molecular weight excluding hydrogens is 330 g/mol. The first-order valence-electron chi connectivity index (χ1n) is 6.67. The van der Waals surface area contributed by atoms with Crippen molar-refractivity contribution < 1.29 is 13.5 Å². The number of hydrogen-bond acceptors (Lipinski definition) is 6. The molecule has 0 saturated carbocycles. The molecule has 9 heteroatoms. The van der Waals surface area contributed by atoms with Crippen LogP contribution in [0.1, 0.15) is 5.56 Å². The molecule has 0 spiro atoms. The Labute approximate surface area is 137 Å². The Morgan fingerprint density at radius 1 is 1.12 bits per heavy atom. The minimum atomic E-state index is -3.84. The fraction of sp³-hybridized carbons (Fsp3) is 0. The summed E-state index contributed by atoms with van der Waals surface area (Å²) in [6.45, 7) is 0. The molecule has 8 nitrogen and oxygen atoms in total. The summed E-state index contributed by atoms with van der Waals surface area (Å²) in [7, 11) is -3.84.